The van der Waals surface area contributed by atoms with Crippen LogP contribution in [0.2, 0.25) is 0 Å². The van der Waals surface area contributed by atoms with Crippen molar-refractivity contribution in [1.29, 1.82) is 0 Å². The molecule has 0 aromatic rings. The molecule has 1 N–H and O–H groups in total. The van der Waals surface area contributed by atoms with Gasteiger partial charge in [0, 0.05) is 32.8 Å². The predicted octanol–water partition coefficient (Wildman–Crippen LogP) is 0.252. The second-order valence-electron chi connectivity index (χ2n) is 5.11. The Bertz CT molecular complexity index is 249. The number of nitrogens with one attached hydrogen (secondary N) is 1. The third kappa shape index (κ3) is 4.92. The lowest BCUT2D eigenvalue weighted by Gasteiger charge is -2.26. The van der Waals surface area contributed by atoms with Gasteiger partial charge in [-0.25, -0.2) is 0 Å². The molecule has 18 heavy (non-hydrogen) atoms. The molecule has 5 nitrogen and oxygen atoms in total. The van der Waals surface area contributed by atoms with Gasteiger partial charge in [0.1, 0.15) is 0 Å². The summed E-state index contributed by atoms with van der Waals surface area (Å²) in [6.45, 7) is 6.26. The van der Waals surface area contributed by atoms with Crippen molar-refractivity contribution in [2.75, 3.05) is 52.6 Å². The van der Waals surface area contributed by atoms with Crippen LogP contribution in [0.15, 0.2) is 0 Å². The van der Waals surface area contributed by atoms with Gasteiger partial charge < -0.3 is 14.8 Å². The summed E-state index contributed by atoms with van der Waals surface area (Å²) in [6, 6.07) is 0. The highest BCUT2D eigenvalue weighted by Gasteiger charge is 2.16. The second-order valence-corrected chi connectivity index (χ2v) is 5.11. The van der Waals surface area contributed by atoms with Gasteiger partial charge in [-0.05, 0) is 25.2 Å². The molecule has 104 valence electrons. The number of hydrogen-bond donors (Lipinski definition) is 1. The number of ether oxygens (including phenoxy) is 2. The van der Waals surface area contributed by atoms with Crippen molar-refractivity contribution in [2.24, 2.45) is 5.92 Å². The van der Waals surface area contributed by atoms with E-state index in [1.165, 1.54) is 6.42 Å². The Morgan fingerprint density at radius 2 is 2.06 bits per heavy atom. The van der Waals surface area contributed by atoms with Crippen LogP contribution in [0, 0.1) is 5.92 Å². The molecule has 1 amide bonds. The van der Waals surface area contributed by atoms with Gasteiger partial charge in [-0.3, -0.25) is 9.69 Å². The van der Waals surface area contributed by atoms with Crippen molar-refractivity contribution < 1.29 is 14.3 Å². The molecule has 0 aromatic carbocycles. The molecule has 2 saturated heterocycles. The molecule has 2 aliphatic heterocycles. The van der Waals surface area contributed by atoms with Crippen molar-refractivity contribution in [3.63, 3.8) is 0 Å². The first-order valence-electron chi connectivity index (χ1n) is 6.99. The number of hydrogen-bond acceptors (Lipinski definition) is 4. The molecular weight excluding hydrogens is 232 g/mol. The Hall–Kier alpha value is -0.650. The zero-order valence-corrected chi connectivity index (χ0v) is 11.0. The van der Waals surface area contributed by atoms with Crippen molar-refractivity contribution in [3.05, 3.63) is 0 Å². The molecule has 1 atom stereocenters. The highest BCUT2D eigenvalue weighted by Crippen LogP contribution is 2.16. The smallest absolute Gasteiger partial charge is 0.234 e. The number of amides is 1. The molecular formula is C13H24N2O3. The minimum atomic E-state index is 0.133. The lowest BCUT2D eigenvalue weighted by molar-refractivity contribution is -0.123. The maximum atomic E-state index is 11.7. The third-order valence-corrected chi connectivity index (χ3v) is 3.60. The Morgan fingerprint density at radius 1 is 1.22 bits per heavy atom. The molecule has 0 bridgehead atoms. The first kappa shape index (κ1) is 13.8. The predicted molar refractivity (Wildman–Crippen MR) is 68.4 cm³/mol. The lowest BCUT2D eigenvalue weighted by atomic mass is 9.99. The van der Waals surface area contributed by atoms with Crippen LogP contribution in [-0.4, -0.2) is 63.4 Å². The summed E-state index contributed by atoms with van der Waals surface area (Å²) in [5, 5.41) is 3.00. The number of carbonyl (C=O) groups excluding carboxylic acids is 1. The number of rotatable bonds is 5. The standard InChI is InChI=1S/C13H24N2O3/c16-13(10-15-5-8-17-9-6-15)14-4-3-12-2-1-7-18-11-12/h12H,1-11H2,(H,14,16). The number of carbonyl (C=O) groups is 1. The zero-order chi connectivity index (χ0) is 12.6. The Morgan fingerprint density at radius 3 is 2.78 bits per heavy atom. The number of nitrogens with zero attached hydrogens (tertiary/aromatic N) is 1. The van der Waals surface area contributed by atoms with E-state index in [1.807, 2.05) is 0 Å². The van der Waals surface area contributed by atoms with E-state index in [0.717, 1.165) is 58.9 Å². The molecule has 0 saturated carbocycles. The average Bonchev–Trinajstić information content (AvgIpc) is 2.41. The molecule has 0 spiro atoms. The van der Waals surface area contributed by atoms with Gasteiger partial charge in [0.15, 0.2) is 0 Å². The van der Waals surface area contributed by atoms with Crippen LogP contribution in [-0.2, 0) is 14.3 Å². The molecule has 1 unspecified atom stereocenters. The number of morpholine rings is 1. The average molecular weight is 256 g/mol. The van der Waals surface area contributed by atoms with Gasteiger partial charge in [0.25, 0.3) is 0 Å². The van der Waals surface area contributed by atoms with Gasteiger partial charge in [-0.15, -0.1) is 0 Å². The van der Waals surface area contributed by atoms with Gasteiger partial charge in [-0.1, -0.05) is 0 Å². The molecule has 5 heteroatoms. The highest BCUT2D eigenvalue weighted by molar-refractivity contribution is 5.77. The molecule has 0 aliphatic carbocycles. The molecule has 0 aromatic heterocycles. The fraction of sp³-hybridized carbons (Fsp3) is 0.923. The Balaban J connectivity index is 1.53. The first-order valence-corrected chi connectivity index (χ1v) is 6.99. The van der Waals surface area contributed by atoms with Gasteiger partial charge in [0.2, 0.25) is 5.91 Å². The van der Waals surface area contributed by atoms with E-state index in [-0.39, 0.29) is 5.91 Å². The van der Waals surface area contributed by atoms with E-state index >= 15 is 0 Å². The van der Waals surface area contributed by atoms with Gasteiger partial charge in [0.05, 0.1) is 19.8 Å². The second kappa shape index (κ2) is 7.71. The summed E-state index contributed by atoms with van der Waals surface area (Å²) in [6.07, 6.45) is 3.43. The van der Waals surface area contributed by atoms with Gasteiger partial charge >= 0.3 is 0 Å². The molecule has 2 aliphatic rings. The fourth-order valence-corrected chi connectivity index (χ4v) is 2.47. The highest BCUT2D eigenvalue weighted by atomic mass is 16.5. The summed E-state index contributed by atoms with van der Waals surface area (Å²) in [4.78, 5) is 13.9. The largest absolute Gasteiger partial charge is 0.381 e. The minimum absolute atomic E-state index is 0.133. The zero-order valence-electron chi connectivity index (χ0n) is 11.0. The summed E-state index contributed by atoms with van der Waals surface area (Å²) in [5.74, 6) is 0.760. The summed E-state index contributed by atoms with van der Waals surface area (Å²) in [7, 11) is 0. The van der Waals surface area contributed by atoms with E-state index < -0.39 is 0 Å². The topological polar surface area (TPSA) is 50.8 Å². The van der Waals surface area contributed by atoms with Gasteiger partial charge in [-0.2, -0.15) is 0 Å². The maximum absolute atomic E-state index is 11.7. The van der Waals surface area contributed by atoms with Crippen LogP contribution in [0.1, 0.15) is 19.3 Å². The van der Waals surface area contributed by atoms with Crippen molar-refractivity contribution >= 4 is 5.91 Å². The monoisotopic (exact) mass is 256 g/mol. The van der Waals surface area contributed by atoms with E-state index in [0.29, 0.717) is 12.5 Å². The first-order chi connectivity index (χ1) is 8.84. The normalized spacial score (nSPS) is 25.9. The Kier molecular flexibility index (Phi) is 5.90. The van der Waals surface area contributed by atoms with E-state index in [4.69, 9.17) is 9.47 Å². The maximum Gasteiger partial charge on any atom is 0.234 e. The summed E-state index contributed by atoms with van der Waals surface area (Å²) < 4.78 is 10.7. The van der Waals surface area contributed by atoms with E-state index in [2.05, 4.69) is 10.2 Å². The Labute approximate surface area is 109 Å². The van der Waals surface area contributed by atoms with Crippen LogP contribution in [0.25, 0.3) is 0 Å². The van der Waals surface area contributed by atoms with Crippen molar-refractivity contribution in [2.45, 2.75) is 19.3 Å². The van der Waals surface area contributed by atoms with Crippen molar-refractivity contribution in [3.8, 4) is 0 Å². The van der Waals surface area contributed by atoms with E-state index in [9.17, 15) is 4.79 Å². The van der Waals surface area contributed by atoms with Crippen LogP contribution in [0.4, 0.5) is 0 Å². The third-order valence-electron chi connectivity index (χ3n) is 3.60. The molecule has 0 radical (unpaired) electrons. The van der Waals surface area contributed by atoms with E-state index in [1.54, 1.807) is 0 Å². The van der Waals surface area contributed by atoms with Crippen LogP contribution < -0.4 is 5.32 Å². The van der Waals surface area contributed by atoms with Crippen LogP contribution in [0.3, 0.4) is 0 Å². The lowest BCUT2D eigenvalue weighted by Crippen LogP contribution is -2.43. The van der Waals surface area contributed by atoms with Crippen LogP contribution in [0.5, 0.6) is 0 Å². The molecule has 2 rings (SSSR count). The SMILES string of the molecule is O=C(CN1CCOCC1)NCCC1CCCOC1. The summed E-state index contributed by atoms with van der Waals surface area (Å²) >= 11 is 0. The van der Waals surface area contributed by atoms with Crippen molar-refractivity contribution in [1.82, 2.24) is 10.2 Å². The molecule has 2 heterocycles. The van der Waals surface area contributed by atoms with Crippen LogP contribution >= 0.6 is 0 Å². The fourth-order valence-electron chi connectivity index (χ4n) is 2.47. The quantitative estimate of drug-likeness (QED) is 0.766. The summed E-state index contributed by atoms with van der Waals surface area (Å²) in [5.41, 5.74) is 0. The minimum Gasteiger partial charge on any atom is -0.381 e. The molecule has 2 fully saturated rings.